The first-order valence-electron chi connectivity index (χ1n) is 9.55. The number of hydrogen-bond acceptors (Lipinski definition) is 6. The summed E-state index contributed by atoms with van der Waals surface area (Å²) in [4.78, 5) is 40.7. The van der Waals surface area contributed by atoms with Crippen molar-refractivity contribution in [2.75, 3.05) is 31.2 Å². The van der Waals surface area contributed by atoms with Crippen molar-refractivity contribution in [1.29, 1.82) is 0 Å². The van der Waals surface area contributed by atoms with E-state index >= 15 is 0 Å². The van der Waals surface area contributed by atoms with Gasteiger partial charge in [0.1, 0.15) is 5.75 Å². The van der Waals surface area contributed by atoms with Crippen LogP contribution in [-0.4, -0.2) is 55.0 Å². The van der Waals surface area contributed by atoms with E-state index in [1.54, 1.807) is 31.2 Å². The normalized spacial score (nSPS) is 23.6. The quantitative estimate of drug-likeness (QED) is 0.560. The molecule has 2 heterocycles. The summed E-state index contributed by atoms with van der Waals surface area (Å²) in [6, 6.07) is 6.44. The maximum Gasteiger partial charge on any atom is 0.310 e. The average Bonchev–Trinajstić information content (AvgIpc) is 2.97. The van der Waals surface area contributed by atoms with E-state index in [0.717, 1.165) is 12.8 Å². The molecule has 146 valence electrons. The Balaban J connectivity index is 1.70. The summed E-state index contributed by atoms with van der Waals surface area (Å²) in [5.41, 5.74) is 0.551. The van der Waals surface area contributed by atoms with Crippen molar-refractivity contribution in [3.63, 3.8) is 0 Å². The van der Waals surface area contributed by atoms with E-state index in [0.29, 0.717) is 37.7 Å². The van der Waals surface area contributed by atoms with Gasteiger partial charge in [-0.3, -0.25) is 19.3 Å². The van der Waals surface area contributed by atoms with Crippen LogP contribution in [0, 0.1) is 5.92 Å². The van der Waals surface area contributed by atoms with Crippen molar-refractivity contribution in [2.45, 2.75) is 39.2 Å². The number of rotatable bonds is 6. The van der Waals surface area contributed by atoms with Crippen LogP contribution in [0.2, 0.25) is 0 Å². The molecule has 2 atom stereocenters. The molecule has 2 aliphatic heterocycles. The summed E-state index contributed by atoms with van der Waals surface area (Å²) < 4.78 is 10.5. The first-order chi connectivity index (χ1) is 13.0. The second kappa shape index (κ2) is 8.52. The van der Waals surface area contributed by atoms with Crippen molar-refractivity contribution in [1.82, 2.24) is 4.90 Å². The third-order valence-corrected chi connectivity index (χ3v) is 5.04. The standard InChI is InChI=1S/C20H26N2O5/c1-3-26-16-9-7-15(8-10-16)22-18(23)12-17(19(22)24)21-11-5-6-14(13-21)20(25)27-4-2/h7-10,14,17H,3-6,11-13H2,1-2H3/t14-,17-/m0/s1. The Bertz CT molecular complexity index is 703. The Morgan fingerprint density at radius 1 is 1.15 bits per heavy atom. The average molecular weight is 374 g/mol. The minimum absolute atomic E-state index is 0.140. The lowest BCUT2D eigenvalue weighted by Crippen LogP contribution is -2.48. The van der Waals surface area contributed by atoms with Crippen LogP contribution in [0.5, 0.6) is 5.75 Å². The van der Waals surface area contributed by atoms with Gasteiger partial charge in [0.25, 0.3) is 5.91 Å². The highest BCUT2D eigenvalue weighted by Gasteiger charge is 2.44. The SMILES string of the molecule is CCOC(=O)[C@H]1CCCN([C@H]2CC(=O)N(c3ccc(OCC)cc3)C2=O)C1. The Morgan fingerprint density at radius 3 is 2.56 bits per heavy atom. The van der Waals surface area contributed by atoms with Crippen LogP contribution in [0.15, 0.2) is 24.3 Å². The largest absolute Gasteiger partial charge is 0.494 e. The van der Waals surface area contributed by atoms with Crippen molar-refractivity contribution >= 4 is 23.5 Å². The second-order valence-corrected chi connectivity index (χ2v) is 6.80. The number of esters is 1. The van der Waals surface area contributed by atoms with Crippen molar-refractivity contribution < 1.29 is 23.9 Å². The Morgan fingerprint density at radius 2 is 1.89 bits per heavy atom. The zero-order valence-electron chi connectivity index (χ0n) is 15.8. The Kier molecular flexibility index (Phi) is 6.11. The molecule has 7 nitrogen and oxygen atoms in total. The molecule has 1 aromatic carbocycles. The van der Waals surface area contributed by atoms with Crippen LogP contribution in [0.25, 0.3) is 0 Å². The molecule has 7 heteroatoms. The number of hydrogen-bond donors (Lipinski definition) is 0. The number of benzene rings is 1. The summed E-state index contributed by atoms with van der Waals surface area (Å²) in [6.45, 7) is 5.75. The van der Waals surface area contributed by atoms with Gasteiger partial charge in [-0.25, -0.2) is 4.90 Å². The fraction of sp³-hybridized carbons (Fsp3) is 0.550. The van der Waals surface area contributed by atoms with E-state index < -0.39 is 6.04 Å². The van der Waals surface area contributed by atoms with E-state index in [2.05, 4.69) is 0 Å². The molecule has 0 N–H and O–H groups in total. The van der Waals surface area contributed by atoms with Crippen LogP contribution >= 0.6 is 0 Å². The molecule has 1 aromatic rings. The number of carbonyl (C=O) groups excluding carboxylic acids is 3. The van der Waals surface area contributed by atoms with Crippen molar-refractivity contribution in [3.8, 4) is 5.75 Å². The molecule has 2 amide bonds. The molecule has 0 aliphatic carbocycles. The van der Waals surface area contributed by atoms with Gasteiger partial charge >= 0.3 is 5.97 Å². The third kappa shape index (κ3) is 4.13. The molecule has 0 spiro atoms. The smallest absolute Gasteiger partial charge is 0.310 e. The zero-order chi connectivity index (χ0) is 19.4. The lowest BCUT2D eigenvalue weighted by Gasteiger charge is -2.34. The molecular formula is C20H26N2O5. The molecule has 0 radical (unpaired) electrons. The topological polar surface area (TPSA) is 76.2 Å². The number of carbonyl (C=O) groups is 3. The van der Waals surface area contributed by atoms with Gasteiger partial charge in [0.05, 0.1) is 37.3 Å². The summed E-state index contributed by atoms with van der Waals surface area (Å²) in [7, 11) is 0. The number of ether oxygens (including phenoxy) is 2. The number of anilines is 1. The first kappa shape index (κ1) is 19.4. The van der Waals surface area contributed by atoms with Gasteiger partial charge in [0, 0.05) is 6.54 Å². The van der Waals surface area contributed by atoms with Crippen molar-refractivity contribution in [3.05, 3.63) is 24.3 Å². The van der Waals surface area contributed by atoms with E-state index in [-0.39, 0.29) is 30.1 Å². The van der Waals surface area contributed by atoms with Crippen LogP contribution in [-0.2, 0) is 19.1 Å². The maximum absolute atomic E-state index is 12.9. The zero-order valence-corrected chi connectivity index (χ0v) is 15.8. The third-order valence-electron chi connectivity index (χ3n) is 5.04. The minimum atomic E-state index is -0.513. The summed E-state index contributed by atoms with van der Waals surface area (Å²) in [5, 5.41) is 0. The van der Waals surface area contributed by atoms with E-state index in [1.807, 2.05) is 11.8 Å². The van der Waals surface area contributed by atoms with Gasteiger partial charge in [0.2, 0.25) is 5.91 Å². The number of amides is 2. The van der Waals surface area contributed by atoms with Gasteiger partial charge < -0.3 is 9.47 Å². The molecule has 3 rings (SSSR count). The monoisotopic (exact) mass is 374 g/mol. The lowest BCUT2D eigenvalue weighted by molar-refractivity contribution is -0.150. The fourth-order valence-corrected chi connectivity index (χ4v) is 3.77. The molecular weight excluding hydrogens is 348 g/mol. The van der Waals surface area contributed by atoms with Gasteiger partial charge in [-0.15, -0.1) is 0 Å². The number of imide groups is 1. The Hall–Kier alpha value is -2.41. The van der Waals surface area contributed by atoms with Crippen LogP contribution < -0.4 is 9.64 Å². The van der Waals surface area contributed by atoms with Gasteiger partial charge in [0.15, 0.2) is 0 Å². The highest BCUT2D eigenvalue weighted by Crippen LogP contribution is 2.30. The first-order valence-corrected chi connectivity index (χ1v) is 9.55. The van der Waals surface area contributed by atoms with E-state index in [9.17, 15) is 14.4 Å². The number of nitrogens with zero attached hydrogens (tertiary/aromatic N) is 2. The molecule has 2 fully saturated rings. The van der Waals surface area contributed by atoms with Crippen LogP contribution in [0.4, 0.5) is 5.69 Å². The van der Waals surface area contributed by atoms with Gasteiger partial charge in [-0.2, -0.15) is 0 Å². The molecule has 27 heavy (non-hydrogen) atoms. The number of piperidine rings is 1. The molecule has 0 bridgehead atoms. The lowest BCUT2D eigenvalue weighted by atomic mass is 9.96. The fourth-order valence-electron chi connectivity index (χ4n) is 3.77. The Labute approximate surface area is 159 Å². The second-order valence-electron chi connectivity index (χ2n) is 6.80. The summed E-state index contributed by atoms with van der Waals surface area (Å²) >= 11 is 0. The van der Waals surface area contributed by atoms with Gasteiger partial charge in [-0.05, 0) is 57.5 Å². The highest BCUT2D eigenvalue weighted by molar-refractivity contribution is 6.22. The van der Waals surface area contributed by atoms with Crippen LogP contribution in [0.3, 0.4) is 0 Å². The molecule has 2 saturated heterocycles. The predicted octanol–water partition coefficient (Wildman–Crippen LogP) is 1.99. The molecule has 0 saturated carbocycles. The summed E-state index contributed by atoms with van der Waals surface area (Å²) in [6.07, 6.45) is 1.71. The molecule has 0 unspecified atom stereocenters. The van der Waals surface area contributed by atoms with E-state index in [1.165, 1.54) is 4.90 Å². The van der Waals surface area contributed by atoms with Gasteiger partial charge in [-0.1, -0.05) is 0 Å². The molecule has 2 aliphatic rings. The highest BCUT2D eigenvalue weighted by atomic mass is 16.5. The minimum Gasteiger partial charge on any atom is -0.494 e. The summed E-state index contributed by atoms with van der Waals surface area (Å²) in [5.74, 6) is -0.199. The predicted molar refractivity (Wildman–Crippen MR) is 99.4 cm³/mol. The van der Waals surface area contributed by atoms with E-state index in [4.69, 9.17) is 9.47 Å². The number of likely N-dealkylation sites (tertiary alicyclic amines) is 1. The van der Waals surface area contributed by atoms with Crippen molar-refractivity contribution in [2.24, 2.45) is 5.92 Å². The van der Waals surface area contributed by atoms with Crippen LogP contribution in [0.1, 0.15) is 33.1 Å². The molecule has 0 aromatic heterocycles. The maximum atomic E-state index is 12.9.